The largest absolute Gasteiger partial charge is 0.393 e. The van der Waals surface area contributed by atoms with E-state index in [0.717, 1.165) is 25.7 Å². The van der Waals surface area contributed by atoms with E-state index in [1.807, 2.05) is 0 Å². The van der Waals surface area contributed by atoms with Crippen LogP contribution < -0.4 is 0 Å². The minimum atomic E-state index is -0.179. The van der Waals surface area contributed by atoms with Gasteiger partial charge in [0.1, 0.15) is 0 Å². The van der Waals surface area contributed by atoms with Crippen molar-refractivity contribution in [3.8, 4) is 0 Å². The lowest BCUT2D eigenvalue weighted by Crippen LogP contribution is -2.49. The van der Waals surface area contributed by atoms with Crippen LogP contribution >= 0.6 is 0 Å². The quantitative estimate of drug-likeness (QED) is 0.733. The summed E-state index contributed by atoms with van der Waals surface area (Å²) in [4.78, 5) is 16.4. The molecule has 2 aliphatic rings. The van der Waals surface area contributed by atoms with E-state index >= 15 is 0 Å². The van der Waals surface area contributed by atoms with E-state index in [1.54, 1.807) is 17.1 Å². The van der Waals surface area contributed by atoms with Crippen LogP contribution in [-0.2, 0) is 4.79 Å². The van der Waals surface area contributed by atoms with Gasteiger partial charge in [0.05, 0.1) is 12.6 Å². The summed E-state index contributed by atoms with van der Waals surface area (Å²) in [6.07, 6.45) is 7.16. The Labute approximate surface area is 115 Å². The number of nitrogens with zero attached hydrogens (tertiary/aromatic N) is 2. The first kappa shape index (κ1) is 14.3. The van der Waals surface area contributed by atoms with E-state index in [-0.39, 0.29) is 12.0 Å². The Morgan fingerprint density at radius 3 is 2.21 bits per heavy atom. The van der Waals surface area contributed by atoms with Gasteiger partial charge in [-0.2, -0.15) is 0 Å². The van der Waals surface area contributed by atoms with Gasteiger partial charge in [0.2, 0.25) is 5.91 Å². The number of hydrogen-bond donors (Lipinski definition) is 1. The predicted molar refractivity (Wildman–Crippen MR) is 75.7 cm³/mol. The molecule has 106 valence electrons. The van der Waals surface area contributed by atoms with Crippen LogP contribution in [0.15, 0.2) is 25.3 Å². The fraction of sp³-hybridized carbons (Fsp3) is 0.667. The molecule has 2 aliphatic heterocycles. The van der Waals surface area contributed by atoms with Crippen LogP contribution in [0.1, 0.15) is 25.7 Å². The molecule has 4 nitrogen and oxygen atoms in total. The van der Waals surface area contributed by atoms with Crippen LogP contribution in [-0.4, -0.2) is 58.6 Å². The first-order valence-corrected chi connectivity index (χ1v) is 7.09. The van der Waals surface area contributed by atoms with Gasteiger partial charge in [0, 0.05) is 25.2 Å². The molecule has 0 aromatic rings. The lowest BCUT2D eigenvalue weighted by atomic mass is 10.00. The Balaban J connectivity index is 1.94. The minimum absolute atomic E-state index is 0.132. The van der Waals surface area contributed by atoms with E-state index in [1.165, 1.54) is 0 Å². The number of piperidine rings is 1. The highest BCUT2D eigenvalue weighted by Crippen LogP contribution is 2.35. The number of amides is 1. The van der Waals surface area contributed by atoms with Crippen LogP contribution in [0.25, 0.3) is 0 Å². The average molecular weight is 264 g/mol. The second kappa shape index (κ2) is 6.35. The number of hydrogen-bond acceptors (Lipinski definition) is 3. The number of aliphatic hydroxyl groups is 1. The van der Waals surface area contributed by atoms with Crippen molar-refractivity contribution >= 4 is 5.91 Å². The molecule has 4 heteroatoms. The van der Waals surface area contributed by atoms with Crippen molar-refractivity contribution in [1.82, 2.24) is 9.80 Å². The summed E-state index contributed by atoms with van der Waals surface area (Å²) in [7, 11) is 0. The van der Waals surface area contributed by atoms with Crippen molar-refractivity contribution < 1.29 is 9.90 Å². The number of carbonyl (C=O) groups excluding carboxylic acids is 1. The van der Waals surface area contributed by atoms with Crippen molar-refractivity contribution in [1.29, 1.82) is 0 Å². The Morgan fingerprint density at radius 2 is 1.74 bits per heavy atom. The van der Waals surface area contributed by atoms with Gasteiger partial charge >= 0.3 is 0 Å². The Bertz CT molecular complexity index is 332. The highest BCUT2D eigenvalue weighted by atomic mass is 16.3. The molecular formula is C15H24N2O2. The zero-order chi connectivity index (χ0) is 13.8. The Kier molecular flexibility index (Phi) is 4.77. The maximum Gasteiger partial charge on any atom is 0.237 e. The van der Waals surface area contributed by atoms with Gasteiger partial charge < -0.3 is 10.0 Å². The van der Waals surface area contributed by atoms with Gasteiger partial charge in [-0.25, -0.2) is 0 Å². The fourth-order valence-corrected chi connectivity index (χ4v) is 3.35. The predicted octanol–water partition coefficient (Wildman–Crippen LogP) is 1.17. The van der Waals surface area contributed by atoms with Gasteiger partial charge in [0.15, 0.2) is 0 Å². The molecule has 2 fully saturated rings. The third-order valence-corrected chi connectivity index (χ3v) is 4.23. The third kappa shape index (κ3) is 3.25. The zero-order valence-corrected chi connectivity index (χ0v) is 11.5. The summed E-state index contributed by atoms with van der Waals surface area (Å²) in [5, 5.41) is 9.77. The monoisotopic (exact) mass is 264 g/mol. The molecule has 0 radical (unpaired) electrons. The first-order chi connectivity index (χ1) is 9.15. The molecule has 0 aliphatic carbocycles. The molecule has 2 heterocycles. The minimum Gasteiger partial charge on any atom is -0.393 e. The highest BCUT2D eigenvalue weighted by Gasteiger charge is 2.41. The van der Waals surface area contributed by atoms with E-state index in [4.69, 9.17) is 0 Å². The van der Waals surface area contributed by atoms with Gasteiger partial charge in [-0.3, -0.25) is 9.69 Å². The summed E-state index contributed by atoms with van der Waals surface area (Å²) in [5.74, 6) is 0.132. The molecule has 2 bridgehead atoms. The van der Waals surface area contributed by atoms with Crippen molar-refractivity contribution in [3.63, 3.8) is 0 Å². The van der Waals surface area contributed by atoms with E-state index in [0.29, 0.717) is 31.7 Å². The summed E-state index contributed by atoms with van der Waals surface area (Å²) < 4.78 is 0. The van der Waals surface area contributed by atoms with E-state index in [9.17, 15) is 9.90 Å². The van der Waals surface area contributed by atoms with Gasteiger partial charge in [-0.05, 0) is 25.7 Å². The van der Waals surface area contributed by atoms with Crippen LogP contribution in [0.5, 0.6) is 0 Å². The average Bonchev–Trinajstić information content (AvgIpc) is 2.61. The molecule has 0 spiro atoms. The van der Waals surface area contributed by atoms with Gasteiger partial charge in [-0.1, -0.05) is 12.2 Å². The molecule has 2 atom stereocenters. The Morgan fingerprint density at radius 1 is 1.21 bits per heavy atom. The second-order valence-corrected chi connectivity index (χ2v) is 5.56. The van der Waals surface area contributed by atoms with Gasteiger partial charge in [0.25, 0.3) is 0 Å². The van der Waals surface area contributed by atoms with Crippen LogP contribution in [0, 0.1) is 0 Å². The summed E-state index contributed by atoms with van der Waals surface area (Å²) in [5.41, 5.74) is 0. The van der Waals surface area contributed by atoms with E-state index in [2.05, 4.69) is 18.1 Å². The fourth-order valence-electron chi connectivity index (χ4n) is 3.35. The molecule has 2 unspecified atom stereocenters. The van der Waals surface area contributed by atoms with Crippen molar-refractivity contribution in [3.05, 3.63) is 25.3 Å². The standard InChI is InChI=1S/C15H24N2O2/c1-3-7-16(8-4-2)15(19)11-17-12-5-6-13(17)10-14(18)9-12/h3-4,12-14,18H,1-2,5-11H2. The highest BCUT2D eigenvalue weighted by molar-refractivity contribution is 5.78. The summed E-state index contributed by atoms with van der Waals surface area (Å²) >= 11 is 0. The van der Waals surface area contributed by atoms with Crippen molar-refractivity contribution in [2.24, 2.45) is 0 Å². The molecule has 1 amide bonds. The maximum absolute atomic E-state index is 12.3. The number of fused-ring (bicyclic) bond motifs is 2. The number of aliphatic hydroxyl groups excluding tert-OH is 1. The molecule has 19 heavy (non-hydrogen) atoms. The van der Waals surface area contributed by atoms with Crippen LogP contribution in [0.3, 0.4) is 0 Å². The first-order valence-electron chi connectivity index (χ1n) is 7.09. The van der Waals surface area contributed by atoms with E-state index < -0.39 is 0 Å². The second-order valence-electron chi connectivity index (χ2n) is 5.56. The normalized spacial score (nSPS) is 30.1. The molecule has 2 saturated heterocycles. The number of rotatable bonds is 6. The lowest BCUT2D eigenvalue weighted by molar-refractivity contribution is -0.133. The SMILES string of the molecule is C=CCN(CC=C)C(=O)CN1C2CCC1CC(O)C2. The molecule has 0 aromatic heterocycles. The maximum atomic E-state index is 12.3. The summed E-state index contributed by atoms with van der Waals surface area (Å²) in [6, 6.07) is 0.763. The van der Waals surface area contributed by atoms with Crippen LogP contribution in [0.2, 0.25) is 0 Å². The zero-order valence-electron chi connectivity index (χ0n) is 11.5. The van der Waals surface area contributed by atoms with Crippen molar-refractivity contribution in [2.75, 3.05) is 19.6 Å². The van der Waals surface area contributed by atoms with Crippen LogP contribution in [0.4, 0.5) is 0 Å². The molecule has 0 saturated carbocycles. The summed E-state index contributed by atoms with van der Waals surface area (Å²) in [6.45, 7) is 8.97. The smallest absolute Gasteiger partial charge is 0.237 e. The molecule has 2 rings (SSSR count). The molecule has 1 N–H and O–H groups in total. The Hall–Kier alpha value is -1.13. The molecular weight excluding hydrogens is 240 g/mol. The topological polar surface area (TPSA) is 43.8 Å². The number of carbonyl (C=O) groups is 1. The molecule has 0 aromatic carbocycles. The van der Waals surface area contributed by atoms with Gasteiger partial charge in [-0.15, -0.1) is 13.2 Å². The third-order valence-electron chi connectivity index (χ3n) is 4.23. The lowest BCUT2D eigenvalue weighted by Gasteiger charge is -2.37. The van der Waals surface area contributed by atoms with Crippen molar-refractivity contribution in [2.45, 2.75) is 43.9 Å².